The molecule has 4 aromatic rings. The fourth-order valence-corrected chi connectivity index (χ4v) is 5.07. The van der Waals surface area contributed by atoms with E-state index in [0.29, 0.717) is 38.4 Å². The Morgan fingerprint density at radius 1 is 1.08 bits per heavy atom. The van der Waals surface area contributed by atoms with Gasteiger partial charge in [0.1, 0.15) is 17.6 Å². The molecule has 0 amide bonds. The van der Waals surface area contributed by atoms with Crippen LogP contribution in [0.2, 0.25) is 10.0 Å². The standard InChI is InChI=1S/C26H27Cl2N7O/c1-15(24-19(27)13-31-14-20(24)28)36-17-4-5-21(29)18(12-17)25(30)26-32-22-6-3-16(11-23(22)33-26)35-9-7-34(2)8-10-35/h3-6,11-15,30H,7-10,29H2,1-2H3,(H,32,33). The Hall–Kier alpha value is -3.33. The van der Waals surface area contributed by atoms with Gasteiger partial charge in [-0.2, -0.15) is 0 Å². The first-order valence-corrected chi connectivity index (χ1v) is 12.4. The van der Waals surface area contributed by atoms with Crippen molar-refractivity contribution in [1.82, 2.24) is 19.9 Å². The Morgan fingerprint density at radius 2 is 1.81 bits per heavy atom. The van der Waals surface area contributed by atoms with Crippen LogP contribution < -0.4 is 15.4 Å². The number of hydrogen-bond donors (Lipinski definition) is 3. The molecule has 0 bridgehead atoms. The summed E-state index contributed by atoms with van der Waals surface area (Å²) < 4.78 is 6.10. The summed E-state index contributed by atoms with van der Waals surface area (Å²) in [5.74, 6) is 0.978. The van der Waals surface area contributed by atoms with Gasteiger partial charge in [-0.1, -0.05) is 23.2 Å². The van der Waals surface area contributed by atoms with E-state index in [9.17, 15) is 0 Å². The third-order valence-corrected chi connectivity index (χ3v) is 7.08. The minimum Gasteiger partial charge on any atom is -0.486 e. The molecule has 1 saturated heterocycles. The number of likely N-dealkylation sites (N-methyl/N-ethyl adjacent to an activating group) is 1. The van der Waals surface area contributed by atoms with Crippen LogP contribution in [-0.2, 0) is 0 Å². The van der Waals surface area contributed by atoms with E-state index >= 15 is 0 Å². The monoisotopic (exact) mass is 523 g/mol. The quantitative estimate of drug-likeness (QED) is 0.238. The van der Waals surface area contributed by atoms with Crippen molar-refractivity contribution >= 4 is 51.3 Å². The number of aromatic nitrogens is 3. The third kappa shape index (κ3) is 4.84. The molecule has 4 N–H and O–H groups in total. The molecule has 0 spiro atoms. The topological polar surface area (TPSA) is 107 Å². The van der Waals surface area contributed by atoms with Crippen molar-refractivity contribution in [3.8, 4) is 5.75 Å². The van der Waals surface area contributed by atoms with Crippen molar-refractivity contribution in [3.05, 3.63) is 75.8 Å². The van der Waals surface area contributed by atoms with Crippen molar-refractivity contribution in [2.24, 2.45) is 0 Å². The summed E-state index contributed by atoms with van der Waals surface area (Å²) in [5.41, 5.74) is 10.9. The molecule has 1 aliphatic heterocycles. The number of nitrogen functional groups attached to an aromatic ring is 1. The maximum absolute atomic E-state index is 8.83. The van der Waals surface area contributed by atoms with Gasteiger partial charge in [0.15, 0.2) is 5.82 Å². The molecule has 1 fully saturated rings. The van der Waals surface area contributed by atoms with Gasteiger partial charge in [-0.25, -0.2) is 4.98 Å². The van der Waals surface area contributed by atoms with Crippen molar-refractivity contribution in [2.45, 2.75) is 13.0 Å². The lowest BCUT2D eigenvalue weighted by Gasteiger charge is -2.34. The molecule has 2 aromatic heterocycles. The summed E-state index contributed by atoms with van der Waals surface area (Å²) >= 11 is 12.6. The molecule has 2 aromatic carbocycles. The number of nitrogens with zero attached hydrogens (tertiary/aromatic N) is 4. The fraction of sp³-hybridized carbons (Fsp3) is 0.269. The van der Waals surface area contributed by atoms with Gasteiger partial charge in [0, 0.05) is 61.1 Å². The van der Waals surface area contributed by atoms with Gasteiger partial charge in [0.05, 0.1) is 21.1 Å². The number of H-pyrrole nitrogens is 1. The number of aromatic amines is 1. The van der Waals surface area contributed by atoms with Crippen molar-refractivity contribution in [3.63, 3.8) is 0 Å². The van der Waals surface area contributed by atoms with Crippen LogP contribution in [0.15, 0.2) is 48.8 Å². The molecule has 36 heavy (non-hydrogen) atoms. The normalized spacial score (nSPS) is 15.3. The average molecular weight is 524 g/mol. The average Bonchev–Trinajstić information content (AvgIpc) is 3.29. The van der Waals surface area contributed by atoms with E-state index in [2.05, 4.69) is 43.9 Å². The lowest BCUT2D eigenvalue weighted by molar-refractivity contribution is 0.227. The predicted molar refractivity (Wildman–Crippen MR) is 146 cm³/mol. The van der Waals surface area contributed by atoms with Crippen molar-refractivity contribution in [2.75, 3.05) is 43.9 Å². The minimum absolute atomic E-state index is 0.183. The SMILES string of the molecule is CC(Oc1ccc(N)c(C(=N)c2nc3ccc(N4CCN(C)CC4)cc3[nH]2)c1)c1c(Cl)cncc1Cl. The zero-order chi connectivity index (χ0) is 25.4. The molecule has 8 nitrogen and oxygen atoms in total. The molecule has 0 saturated carbocycles. The zero-order valence-electron chi connectivity index (χ0n) is 20.1. The predicted octanol–water partition coefficient (Wildman–Crippen LogP) is 5.15. The Balaban J connectivity index is 1.39. The van der Waals surface area contributed by atoms with Crippen LogP contribution in [0.5, 0.6) is 5.75 Å². The first-order chi connectivity index (χ1) is 17.3. The summed E-state index contributed by atoms with van der Waals surface area (Å²) in [7, 11) is 2.14. The number of nitrogens with two attached hydrogens (primary N) is 1. The molecule has 1 unspecified atom stereocenters. The second-order valence-corrected chi connectivity index (χ2v) is 9.79. The third-order valence-electron chi connectivity index (χ3n) is 6.47. The highest BCUT2D eigenvalue weighted by atomic mass is 35.5. The van der Waals surface area contributed by atoms with Crippen LogP contribution in [0.3, 0.4) is 0 Å². The first kappa shape index (κ1) is 24.4. The van der Waals surface area contributed by atoms with Crippen LogP contribution >= 0.6 is 23.2 Å². The molecule has 3 heterocycles. The van der Waals surface area contributed by atoms with E-state index < -0.39 is 6.10 Å². The van der Waals surface area contributed by atoms with Gasteiger partial charge in [-0.3, -0.25) is 10.4 Å². The lowest BCUT2D eigenvalue weighted by atomic mass is 10.1. The van der Waals surface area contributed by atoms with Crippen LogP contribution in [-0.4, -0.2) is 58.8 Å². The number of rotatable bonds is 6. The second kappa shape index (κ2) is 9.97. The first-order valence-electron chi connectivity index (χ1n) is 11.7. The highest BCUT2D eigenvalue weighted by Gasteiger charge is 2.19. The Bertz CT molecular complexity index is 1410. The number of anilines is 2. The van der Waals surface area contributed by atoms with Gasteiger partial charge >= 0.3 is 0 Å². The maximum Gasteiger partial charge on any atom is 0.157 e. The van der Waals surface area contributed by atoms with Gasteiger partial charge in [0.25, 0.3) is 0 Å². The molecule has 1 aliphatic rings. The van der Waals surface area contributed by atoms with Gasteiger partial charge in [-0.05, 0) is 50.4 Å². The lowest BCUT2D eigenvalue weighted by Crippen LogP contribution is -2.44. The van der Waals surface area contributed by atoms with E-state index in [0.717, 1.165) is 42.9 Å². The number of benzene rings is 2. The summed E-state index contributed by atoms with van der Waals surface area (Å²) in [6, 6.07) is 11.4. The minimum atomic E-state index is -0.433. The van der Waals surface area contributed by atoms with E-state index in [1.165, 1.54) is 12.4 Å². The molecular formula is C26H27Cl2N7O. The number of imidazole rings is 1. The largest absolute Gasteiger partial charge is 0.486 e. The van der Waals surface area contributed by atoms with Gasteiger partial charge < -0.3 is 25.3 Å². The molecule has 10 heteroatoms. The highest BCUT2D eigenvalue weighted by molar-refractivity contribution is 6.35. The van der Waals surface area contributed by atoms with Crippen molar-refractivity contribution < 1.29 is 4.74 Å². The van der Waals surface area contributed by atoms with Crippen LogP contribution in [0.1, 0.15) is 30.0 Å². The highest BCUT2D eigenvalue weighted by Crippen LogP contribution is 2.33. The smallest absolute Gasteiger partial charge is 0.157 e. The second-order valence-electron chi connectivity index (χ2n) is 8.98. The summed E-state index contributed by atoms with van der Waals surface area (Å²) in [6.45, 7) is 5.89. The zero-order valence-corrected chi connectivity index (χ0v) is 21.6. The summed E-state index contributed by atoms with van der Waals surface area (Å²) in [4.78, 5) is 16.6. The maximum atomic E-state index is 8.83. The van der Waals surface area contributed by atoms with E-state index in [1.54, 1.807) is 18.2 Å². The molecule has 5 rings (SSSR count). The number of piperazine rings is 1. The van der Waals surface area contributed by atoms with Gasteiger partial charge in [-0.15, -0.1) is 0 Å². The number of ether oxygens (including phenoxy) is 1. The number of hydrogen-bond acceptors (Lipinski definition) is 7. The number of pyridine rings is 1. The van der Waals surface area contributed by atoms with E-state index in [-0.39, 0.29) is 5.71 Å². The van der Waals surface area contributed by atoms with Crippen LogP contribution in [0.4, 0.5) is 11.4 Å². The summed E-state index contributed by atoms with van der Waals surface area (Å²) in [5, 5.41) is 9.69. The van der Waals surface area contributed by atoms with E-state index in [1.807, 2.05) is 13.0 Å². The molecule has 0 aliphatic carbocycles. The Morgan fingerprint density at radius 3 is 2.53 bits per heavy atom. The Labute approximate surface area is 219 Å². The number of nitrogens with one attached hydrogen (secondary N) is 2. The molecule has 186 valence electrons. The van der Waals surface area contributed by atoms with Crippen molar-refractivity contribution in [1.29, 1.82) is 5.41 Å². The van der Waals surface area contributed by atoms with Gasteiger partial charge in [0.2, 0.25) is 0 Å². The van der Waals surface area contributed by atoms with Crippen LogP contribution in [0, 0.1) is 5.41 Å². The summed E-state index contributed by atoms with van der Waals surface area (Å²) in [6.07, 6.45) is 2.63. The Kier molecular flexibility index (Phi) is 6.75. The molecule has 0 radical (unpaired) electrons. The van der Waals surface area contributed by atoms with E-state index in [4.69, 9.17) is 39.1 Å². The number of fused-ring (bicyclic) bond motifs is 1. The number of halogens is 2. The molecule has 1 atom stereocenters. The van der Waals surface area contributed by atoms with Crippen LogP contribution in [0.25, 0.3) is 11.0 Å². The fourth-order valence-electron chi connectivity index (χ4n) is 4.40. The molecular weight excluding hydrogens is 497 g/mol.